The van der Waals surface area contributed by atoms with E-state index in [2.05, 4.69) is 0 Å². The first kappa shape index (κ1) is 23.0. The number of ether oxygens (including phenoxy) is 2. The van der Waals surface area contributed by atoms with Crippen molar-refractivity contribution in [2.24, 2.45) is 0 Å². The third-order valence-electron chi connectivity index (χ3n) is 5.73. The zero-order valence-electron chi connectivity index (χ0n) is 18.0. The van der Waals surface area contributed by atoms with Gasteiger partial charge >= 0.3 is 0 Å². The molecule has 0 aliphatic carbocycles. The molecule has 0 atom stereocenters. The number of amides is 1. The molecule has 2 saturated heterocycles. The summed E-state index contributed by atoms with van der Waals surface area (Å²) in [5.74, 6) is 0.593. The van der Waals surface area contributed by atoms with Gasteiger partial charge in [-0.15, -0.1) is 0 Å². The zero-order chi connectivity index (χ0) is 21.6. The van der Waals surface area contributed by atoms with Gasteiger partial charge in [0.1, 0.15) is 5.75 Å². The Bertz CT molecular complexity index is 814. The number of nitrogens with zero attached hydrogens (tertiary/aromatic N) is 3. The highest BCUT2D eigenvalue weighted by molar-refractivity contribution is 7.86. The van der Waals surface area contributed by atoms with Gasteiger partial charge in [0.15, 0.2) is 0 Å². The topological polar surface area (TPSA) is 79.4 Å². The van der Waals surface area contributed by atoms with Crippen molar-refractivity contribution in [1.82, 2.24) is 13.5 Å². The maximum absolute atomic E-state index is 13.0. The van der Waals surface area contributed by atoms with Gasteiger partial charge in [0.05, 0.1) is 13.7 Å². The van der Waals surface area contributed by atoms with Crippen molar-refractivity contribution >= 4 is 16.1 Å². The predicted molar refractivity (Wildman–Crippen MR) is 115 cm³/mol. The molecule has 2 heterocycles. The summed E-state index contributed by atoms with van der Waals surface area (Å²) in [7, 11) is -1.86. The first-order valence-electron chi connectivity index (χ1n) is 10.8. The average molecular weight is 440 g/mol. The average Bonchev–Trinajstić information content (AvgIpc) is 3.07. The van der Waals surface area contributed by atoms with Crippen LogP contribution in [0, 0.1) is 0 Å². The fraction of sp³-hybridized carbons (Fsp3) is 0.667. The second-order valence-corrected chi connectivity index (χ2v) is 9.60. The molecule has 1 amide bonds. The minimum absolute atomic E-state index is 0.0952. The molecule has 0 saturated carbocycles. The third kappa shape index (κ3) is 5.32. The number of hydrogen-bond acceptors (Lipinski definition) is 5. The second kappa shape index (κ2) is 10.6. The number of hydrogen-bond donors (Lipinski definition) is 0. The predicted octanol–water partition coefficient (Wildman–Crippen LogP) is 2.11. The van der Waals surface area contributed by atoms with Gasteiger partial charge in [-0.25, -0.2) is 0 Å². The van der Waals surface area contributed by atoms with Crippen LogP contribution in [0.4, 0.5) is 0 Å². The van der Waals surface area contributed by atoms with Gasteiger partial charge in [0.2, 0.25) is 0 Å². The summed E-state index contributed by atoms with van der Waals surface area (Å²) in [5, 5.41) is 0. The lowest BCUT2D eigenvalue weighted by Crippen LogP contribution is -2.54. The molecular formula is C21H33N3O5S. The highest BCUT2D eigenvalue weighted by atomic mass is 32.2. The molecule has 3 rings (SSSR count). The van der Waals surface area contributed by atoms with Gasteiger partial charge in [0, 0.05) is 57.0 Å². The van der Waals surface area contributed by atoms with Crippen LogP contribution in [0.2, 0.25) is 0 Å². The van der Waals surface area contributed by atoms with E-state index in [1.54, 1.807) is 34.5 Å². The van der Waals surface area contributed by atoms with Gasteiger partial charge in [-0.05, 0) is 38.0 Å². The highest BCUT2D eigenvalue weighted by Crippen LogP contribution is 2.23. The molecule has 9 heteroatoms. The van der Waals surface area contributed by atoms with Crippen molar-refractivity contribution in [3.05, 3.63) is 29.3 Å². The summed E-state index contributed by atoms with van der Waals surface area (Å²) < 4.78 is 39.9. The molecule has 1 aromatic carbocycles. The zero-order valence-corrected chi connectivity index (χ0v) is 18.8. The van der Waals surface area contributed by atoms with Crippen LogP contribution >= 0.6 is 0 Å². The van der Waals surface area contributed by atoms with Gasteiger partial charge < -0.3 is 14.4 Å². The maximum atomic E-state index is 13.0. The van der Waals surface area contributed by atoms with Crippen molar-refractivity contribution in [3.8, 4) is 5.75 Å². The van der Waals surface area contributed by atoms with E-state index in [4.69, 9.17) is 9.47 Å². The van der Waals surface area contributed by atoms with Crippen LogP contribution in [0.5, 0.6) is 5.75 Å². The standard InChI is InChI=1S/C21H33N3O5S/c1-3-29-17-19-16-18(8-9-20(19)28-2)21(25)22-12-14-24(15-13-22)30(26,27)23-10-6-4-5-7-11-23/h8-9,16H,3-7,10-15,17H2,1-2H3. The molecule has 0 radical (unpaired) electrons. The first-order chi connectivity index (χ1) is 14.5. The fourth-order valence-electron chi connectivity index (χ4n) is 3.98. The molecule has 0 spiro atoms. The number of rotatable bonds is 7. The molecule has 8 nitrogen and oxygen atoms in total. The van der Waals surface area contributed by atoms with Crippen molar-refractivity contribution in [2.45, 2.75) is 39.2 Å². The monoisotopic (exact) mass is 439 g/mol. The Morgan fingerprint density at radius 1 is 0.967 bits per heavy atom. The molecule has 0 N–H and O–H groups in total. The number of carbonyl (C=O) groups is 1. The molecular weight excluding hydrogens is 406 g/mol. The minimum atomic E-state index is -3.45. The van der Waals surface area contributed by atoms with Crippen molar-refractivity contribution in [3.63, 3.8) is 0 Å². The van der Waals surface area contributed by atoms with Gasteiger partial charge in [-0.2, -0.15) is 17.0 Å². The highest BCUT2D eigenvalue weighted by Gasteiger charge is 2.33. The van der Waals surface area contributed by atoms with Crippen LogP contribution in [0.3, 0.4) is 0 Å². The largest absolute Gasteiger partial charge is 0.496 e. The van der Waals surface area contributed by atoms with E-state index in [-0.39, 0.29) is 5.91 Å². The van der Waals surface area contributed by atoms with Gasteiger partial charge in [-0.3, -0.25) is 4.79 Å². The lowest BCUT2D eigenvalue weighted by Gasteiger charge is -2.36. The molecule has 168 valence electrons. The smallest absolute Gasteiger partial charge is 0.282 e. The Morgan fingerprint density at radius 2 is 1.60 bits per heavy atom. The molecule has 30 heavy (non-hydrogen) atoms. The lowest BCUT2D eigenvalue weighted by atomic mass is 10.1. The number of methoxy groups -OCH3 is 1. The summed E-state index contributed by atoms with van der Waals surface area (Å²) in [6.07, 6.45) is 4.00. The maximum Gasteiger partial charge on any atom is 0.282 e. The summed E-state index contributed by atoms with van der Waals surface area (Å²) in [6.45, 7) is 5.49. The van der Waals surface area contributed by atoms with Crippen LogP contribution < -0.4 is 4.74 Å². The quantitative estimate of drug-likeness (QED) is 0.650. The Hall–Kier alpha value is -1.68. The van der Waals surface area contributed by atoms with E-state index in [1.807, 2.05) is 6.92 Å². The second-order valence-electron chi connectivity index (χ2n) is 7.68. The molecule has 0 bridgehead atoms. The van der Waals surface area contributed by atoms with Gasteiger partial charge in [0.25, 0.3) is 16.1 Å². The van der Waals surface area contributed by atoms with Crippen LogP contribution in [0.25, 0.3) is 0 Å². The Kier molecular flexibility index (Phi) is 8.10. The fourth-order valence-corrected chi connectivity index (χ4v) is 5.65. The molecule has 0 aromatic heterocycles. The van der Waals surface area contributed by atoms with Crippen LogP contribution in [-0.2, 0) is 21.6 Å². The molecule has 2 fully saturated rings. The lowest BCUT2D eigenvalue weighted by molar-refractivity contribution is 0.0693. The molecule has 0 unspecified atom stereocenters. The summed E-state index contributed by atoms with van der Waals surface area (Å²) in [5.41, 5.74) is 1.39. The van der Waals surface area contributed by atoms with E-state index >= 15 is 0 Å². The SMILES string of the molecule is CCOCc1cc(C(=O)N2CCN(S(=O)(=O)N3CCCCCC3)CC2)ccc1OC. The normalized spacial score (nSPS) is 19.5. The van der Waals surface area contributed by atoms with E-state index in [1.165, 1.54) is 4.31 Å². The van der Waals surface area contributed by atoms with E-state index in [9.17, 15) is 13.2 Å². The molecule has 2 aliphatic rings. The first-order valence-corrected chi connectivity index (χ1v) is 12.2. The summed E-state index contributed by atoms with van der Waals surface area (Å²) >= 11 is 0. The van der Waals surface area contributed by atoms with Crippen LogP contribution in [0.1, 0.15) is 48.5 Å². The van der Waals surface area contributed by atoms with Crippen molar-refractivity contribution < 1.29 is 22.7 Å². The molecule has 2 aliphatic heterocycles. The number of benzene rings is 1. The Labute approximate surface area is 179 Å². The summed E-state index contributed by atoms with van der Waals surface area (Å²) in [6, 6.07) is 5.33. The number of piperazine rings is 1. The van der Waals surface area contributed by atoms with Crippen LogP contribution in [0.15, 0.2) is 18.2 Å². The van der Waals surface area contributed by atoms with Crippen LogP contribution in [-0.4, -0.2) is 80.8 Å². The van der Waals surface area contributed by atoms with Gasteiger partial charge in [-0.1, -0.05) is 12.8 Å². The van der Waals surface area contributed by atoms with E-state index in [0.717, 1.165) is 31.2 Å². The Balaban J connectivity index is 1.63. The van der Waals surface area contributed by atoms with Crippen molar-refractivity contribution in [2.75, 3.05) is 53.0 Å². The van der Waals surface area contributed by atoms with E-state index < -0.39 is 10.2 Å². The number of carbonyl (C=O) groups excluding carboxylic acids is 1. The summed E-state index contributed by atoms with van der Waals surface area (Å²) in [4.78, 5) is 14.7. The van der Waals surface area contributed by atoms with Crippen molar-refractivity contribution in [1.29, 1.82) is 0 Å². The minimum Gasteiger partial charge on any atom is -0.496 e. The van der Waals surface area contributed by atoms with E-state index in [0.29, 0.717) is 63.8 Å². The Morgan fingerprint density at radius 3 is 2.20 bits per heavy atom. The third-order valence-corrected chi connectivity index (χ3v) is 7.77. The molecule has 1 aromatic rings.